The normalized spacial score (nSPS) is 12.0. The smallest absolute Gasteiger partial charge is 0.189 e. The second-order valence-corrected chi connectivity index (χ2v) is 6.18. The SMILES string of the molecule is C=CC(CCc1cc(=O)c2ccccc2[nH]1)OCc1ccc(OC)cc1. The summed E-state index contributed by atoms with van der Waals surface area (Å²) in [7, 11) is 1.65. The Labute approximate surface area is 153 Å². The van der Waals surface area contributed by atoms with E-state index >= 15 is 0 Å². The van der Waals surface area contributed by atoms with Crippen molar-refractivity contribution in [3.05, 3.63) is 88.7 Å². The fourth-order valence-electron chi connectivity index (χ4n) is 2.88. The van der Waals surface area contributed by atoms with Crippen LogP contribution in [0.4, 0.5) is 0 Å². The van der Waals surface area contributed by atoms with Crippen LogP contribution in [0.2, 0.25) is 0 Å². The minimum atomic E-state index is -0.0768. The molecule has 0 saturated heterocycles. The molecule has 3 rings (SSSR count). The van der Waals surface area contributed by atoms with Crippen molar-refractivity contribution in [2.24, 2.45) is 0 Å². The highest BCUT2D eigenvalue weighted by atomic mass is 16.5. The number of H-pyrrole nitrogens is 1. The summed E-state index contributed by atoms with van der Waals surface area (Å²) < 4.78 is 11.1. The zero-order chi connectivity index (χ0) is 18.4. The van der Waals surface area contributed by atoms with Crippen LogP contribution in [0, 0.1) is 0 Å². The van der Waals surface area contributed by atoms with E-state index < -0.39 is 0 Å². The molecular weight excluding hydrogens is 326 g/mol. The van der Waals surface area contributed by atoms with E-state index in [9.17, 15) is 4.79 Å². The predicted octanol–water partition coefficient (Wildman–Crippen LogP) is 4.24. The van der Waals surface area contributed by atoms with Crippen molar-refractivity contribution in [1.29, 1.82) is 0 Å². The van der Waals surface area contributed by atoms with Gasteiger partial charge in [0.2, 0.25) is 0 Å². The van der Waals surface area contributed by atoms with Gasteiger partial charge >= 0.3 is 0 Å². The Morgan fingerprint density at radius 2 is 1.92 bits per heavy atom. The Hall–Kier alpha value is -2.85. The molecule has 0 fully saturated rings. The first kappa shape index (κ1) is 18.0. The summed E-state index contributed by atoms with van der Waals surface area (Å²) >= 11 is 0. The number of ether oxygens (including phenoxy) is 2. The van der Waals surface area contributed by atoms with Crippen LogP contribution >= 0.6 is 0 Å². The average molecular weight is 349 g/mol. The Balaban J connectivity index is 1.60. The van der Waals surface area contributed by atoms with E-state index in [-0.39, 0.29) is 11.5 Å². The lowest BCUT2D eigenvalue weighted by molar-refractivity contribution is 0.0667. The van der Waals surface area contributed by atoms with Gasteiger partial charge in [0.15, 0.2) is 5.43 Å². The maximum Gasteiger partial charge on any atom is 0.189 e. The number of hydrogen-bond donors (Lipinski definition) is 1. The summed E-state index contributed by atoms with van der Waals surface area (Å²) in [4.78, 5) is 15.5. The maximum atomic E-state index is 12.2. The summed E-state index contributed by atoms with van der Waals surface area (Å²) in [5.41, 5.74) is 2.90. The third-order valence-electron chi connectivity index (χ3n) is 4.38. The topological polar surface area (TPSA) is 51.3 Å². The number of rotatable bonds is 8. The lowest BCUT2D eigenvalue weighted by Gasteiger charge is -2.14. The largest absolute Gasteiger partial charge is 0.497 e. The minimum Gasteiger partial charge on any atom is -0.497 e. The number of aromatic amines is 1. The van der Waals surface area contributed by atoms with Crippen LogP contribution in [-0.2, 0) is 17.8 Å². The van der Waals surface area contributed by atoms with Gasteiger partial charge in [0, 0.05) is 22.7 Å². The van der Waals surface area contributed by atoms with Crippen molar-refractivity contribution in [2.45, 2.75) is 25.6 Å². The minimum absolute atomic E-state index is 0.0451. The molecule has 1 N–H and O–H groups in total. The first-order valence-corrected chi connectivity index (χ1v) is 8.67. The van der Waals surface area contributed by atoms with Crippen LogP contribution in [-0.4, -0.2) is 18.2 Å². The zero-order valence-electron chi connectivity index (χ0n) is 14.9. The highest BCUT2D eigenvalue weighted by Crippen LogP contribution is 2.15. The number of fused-ring (bicyclic) bond motifs is 1. The molecule has 1 aromatic heterocycles. The molecule has 0 spiro atoms. The molecule has 0 aliphatic carbocycles. The summed E-state index contributed by atoms with van der Waals surface area (Å²) in [6.45, 7) is 4.37. The van der Waals surface area contributed by atoms with Gasteiger partial charge in [-0.1, -0.05) is 30.3 Å². The van der Waals surface area contributed by atoms with Gasteiger partial charge in [-0.05, 0) is 42.7 Å². The fourth-order valence-corrected chi connectivity index (χ4v) is 2.88. The van der Waals surface area contributed by atoms with Gasteiger partial charge in [0.05, 0.1) is 19.8 Å². The van der Waals surface area contributed by atoms with Crippen LogP contribution in [0.25, 0.3) is 10.9 Å². The molecule has 0 amide bonds. The molecular formula is C22H23NO3. The van der Waals surface area contributed by atoms with E-state index in [0.29, 0.717) is 12.0 Å². The predicted molar refractivity (Wildman–Crippen MR) is 105 cm³/mol. The van der Waals surface area contributed by atoms with Crippen molar-refractivity contribution >= 4 is 10.9 Å². The Bertz CT molecular complexity index is 928. The van der Waals surface area contributed by atoms with Crippen molar-refractivity contribution in [3.8, 4) is 5.75 Å². The molecule has 3 aromatic rings. The molecule has 4 nitrogen and oxygen atoms in total. The second-order valence-electron chi connectivity index (χ2n) is 6.18. The van der Waals surface area contributed by atoms with Gasteiger partial charge in [-0.2, -0.15) is 0 Å². The van der Waals surface area contributed by atoms with E-state index in [2.05, 4.69) is 11.6 Å². The third kappa shape index (κ3) is 4.41. The Morgan fingerprint density at radius 1 is 1.15 bits per heavy atom. The highest BCUT2D eigenvalue weighted by Gasteiger charge is 2.08. The van der Waals surface area contributed by atoms with E-state index in [4.69, 9.17) is 9.47 Å². The molecule has 0 aliphatic rings. The molecule has 0 radical (unpaired) electrons. The number of aromatic nitrogens is 1. The summed E-state index contributed by atoms with van der Waals surface area (Å²) in [6.07, 6.45) is 3.21. The first-order valence-electron chi connectivity index (χ1n) is 8.67. The lowest BCUT2D eigenvalue weighted by Crippen LogP contribution is -2.12. The van der Waals surface area contributed by atoms with Crippen molar-refractivity contribution in [1.82, 2.24) is 4.98 Å². The van der Waals surface area contributed by atoms with E-state index in [1.54, 1.807) is 13.2 Å². The number of methoxy groups -OCH3 is 1. The summed E-state index contributed by atoms with van der Waals surface area (Å²) in [6, 6.07) is 17.0. The number of pyridine rings is 1. The van der Waals surface area contributed by atoms with Crippen LogP contribution in [0.5, 0.6) is 5.75 Å². The maximum absolute atomic E-state index is 12.2. The van der Waals surface area contributed by atoms with Gasteiger partial charge in [0.25, 0.3) is 0 Å². The molecule has 1 unspecified atom stereocenters. The fraction of sp³-hybridized carbons (Fsp3) is 0.227. The quantitative estimate of drug-likeness (QED) is 0.619. The Kier molecular flexibility index (Phi) is 5.87. The molecule has 134 valence electrons. The van der Waals surface area contributed by atoms with E-state index in [0.717, 1.165) is 35.4 Å². The summed E-state index contributed by atoms with van der Waals surface area (Å²) in [5.74, 6) is 0.828. The first-order chi connectivity index (χ1) is 12.7. The molecule has 0 aliphatic heterocycles. The van der Waals surface area contributed by atoms with Crippen molar-refractivity contribution in [2.75, 3.05) is 7.11 Å². The van der Waals surface area contributed by atoms with Gasteiger partial charge in [-0.25, -0.2) is 0 Å². The van der Waals surface area contributed by atoms with Crippen LogP contribution in [0.3, 0.4) is 0 Å². The van der Waals surface area contributed by atoms with Crippen molar-refractivity contribution in [3.63, 3.8) is 0 Å². The number of aryl methyl sites for hydroxylation is 1. The molecule has 1 heterocycles. The number of nitrogens with one attached hydrogen (secondary N) is 1. The van der Waals surface area contributed by atoms with Gasteiger partial charge in [0.1, 0.15) is 5.75 Å². The van der Waals surface area contributed by atoms with E-state index in [1.165, 1.54) is 0 Å². The molecule has 1 atom stereocenters. The van der Waals surface area contributed by atoms with Crippen LogP contribution in [0.15, 0.2) is 72.0 Å². The van der Waals surface area contributed by atoms with Gasteiger partial charge in [-0.3, -0.25) is 4.79 Å². The van der Waals surface area contributed by atoms with Gasteiger partial charge < -0.3 is 14.5 Å². The second kappa shape index (κ2) is 8.50. The number of para-hydroxylation sites is 1. The average Bonchev–Trinajstić information content (AvgIpc) is 2.68. The number of benzene rings is 2. The van der Waals surface area contributed by atoms with Gasteiger partial charge in [-0.15, -0.1) is 6.58 Å². The monoisotopic (exact) mass is 349 g/mol. The van der Waals surface area contributed by atoms with Crippen molar-refractivity contribution < 1.29 is 9.47 Å². The zero-order valence-corrected chi connectivity index (χ0v) is 14.9. The molecule has 4 heteroatoms. The standard InChI is InChI=1S/C22H23NO3/c1-3-18(26-15-16-8-11-19(25-2)12-9-16)13-10-17-14-22(24)20-6-4-5-7-21(20)23-17/h3-9,11-12,14,18H,1,10,13,15H2,2H3,(H,23,24). The molecule has 26 heavy (non-hydrogen) atoms. The highest BCUT2D eigenvalue weighted by molar-refractivity contribution is 5.78. The lowest BCUT2D eigenvalue weighted by atomic mass is 10.1. The number of hydrogen-bond acceptors (Lipinski definition) is 3. The third-order valence-corrected chi connectivity index (χ3v) is 4.38. The van der Waals surface area contributed by atoms with E-state index in [1.807, 2.05) is 54.6 Å². The van der Waals surface area contributed by atoms with Crippen LogP contribution < -0.4 is 10.2 Å². The molecule has 0 saturated carbocycles. The Morgan fingerprint density at radius 3 is 2.65 bits per heavy atom. The van der Waals surface area contributed by atoms with Crippen LogP contribution in [0.1, 0.15) is 17.7 Å². The summed E-state index contributed by atoms with van der Waals surface area (Å²) in [5, 5.41) is 0.715. The molecule has 0 bridgehead atoms. The molecule has 2 aromatic carbocycles.